The van der Waals surface area contributed by atoms with Gasteiger partial charge in [-0.2, -0.15) is 0 Å². The van der Waals surface area contributed by atoms with E-state index >= 15 is 0 Å². The number of fused-ring (bicyclic) bond motifs is 1. The Hall–Kier alpha value is -2.05. The second-order valence-corrected chi connectivity index (χ2v) is 8.61. The lowest BCUT2D eigenvalue weighted by Gasteiger charge is -2.36. The lowest BCUT2D eigenvalue weighted by atomic mass is 10.0. The van der Waals surface area contributed by atoms with Crippen LogP contribution in [0, 0.1) is 0 Å². The van der Waals surface area contributed by atoms with E-state index in [1.54, 1.807) is 0 Å². The van der Waals surface area contributed by atoms with Crippen LogP contribution in [0.5, 0.6) is 0 Å². The molecular weight excluding hydrogens is 378 g/mol. The Morgan fingerprint density at radius 1 is 1.43 bits per heavy atom. The molecule has 152 valence electrons. The monoisotopic (exact) mass is 405 g/mol. The van der Waals surface area contributed by atoms with Crippen molar-refractivity contribution in [3.63, 3.8) is 0 Å². The SMILES string of the molecule is C[C@H](NC(=O)OC(C)(C)C)c1cc2cccc(Cl)c2nc1N1CCOC[C@@H]1C. The minimum absolute atomic E-state index is 0.175. The fourth-order valence-corrected chi connectivity index (χ4v) is 3.55. The lowest BCUT2D eigenvalue weighted by Crippen LogP contribution is -2.45. The Morgan fingerprint density at radius 3 is 2.86 bits per heavy atom. The summed E-state index contributed by atoms with van der Waals surface area (Å²) in [5.74, 6) is 0.819. The van der Waals surface area contributed by atoms with Crippen LogP contribution < -0.4 is 10.2 Å². The fourth-order valence-electron chi connectivity index (χ4n) is 3.32. The molecule has 1 aliphatic rings. The van der Waals surface area contributed by atoms with Gasteiger partial charge in [0.05, 0.1) is 35.8 Å². The van der Waals surface area contributed by atoms with Crippen molar-refractivity contribution in [3.05, 3.63) is 34.9 Å². The summed E-state index contributed by atoms with van der Waals surface area (Å²) in [7, 11) is 0. The fraction of sp³-hybridized carbons (Fsp3) is 0.524. The number of hydrogen-bond donors (Lipinski definition) is 1. The zero-order chi connectivity index (χ0) is 20.5. The molecule has 0 spiro atoms. The zero-order valence-electron chi connectivity index (χ0n) is 17.1. The Balaban J connectivity index is 2.01. The van der Waals surface area contributed by atoms with E-state index in [1.807, 2.05) is 52.0 Å². The summed E-state index contributed by atoms with van der Waals surface area (Å²) in [4.78, 5) is 19.4. The van der Waals surface area contributed by atoms with Crippen LogP contribution in [-0.4, -0.2) is 42.5 Å². The number of benzene rings is 1. The van der Waals surface area contributed by atoms with Crippen molar-refractivity contribution in [3.8, 4) is 0 Å². The summed E-state index contributed by atoms with van der Waals surface area (Å²) in [6, 6.07) is 7.66. The average Bonchev–Trinajstić information content (AvgIpc) is 2.60. The predicted molar refractivity (Wildman–Crippen MR) is 112 cm³/mol. The van der Waals surface area contributed by atoms with Crippen molar-refractivity contribution in [1.82, 2.24) is 10.3 Å². The van der Waals surface area contributed by atoms with Crippen LogP contribution in [0.1, 0.15) is 46.2 Å². The summed E-state index contributed by atoms with van der Waals surface area (Å²) in [6.07, 6.45) is -0.452. The van der Waals surface area contributed by atoms with Gasteiger partial charge >= 0.3 is 6.09 Å². The molecule has 1 aliphatic heterocycles. The van der Waals surface area contributed by atoms with Crippen LogP contribution in [0.15, 0.2) is 24.3 Å². The highest BCUT2D eigenvalue weighted by Crippen LogP contribution is 2.33. The third-order valence-corrected chi connectivity index (χ3v) is 4.95. The number of rotatable bonds is 3. The van der Waals surface area contributed by atoms with Crippen molar-refractivity contribution in [2.45, 2.75) is 52.3 Å². The van der Waals surface area contributed by atoms with Crippen LogP contribution in [0.25, 0.3) is 10.9 Å². The number of carbonyl (C=O) groups excluding carboxylic acids is 1. The van der Waals surface area contributed by atoms with Gasteiger partial charge in [0.1, 0.15) is 11.4 Å². The number of aromatic nitrogens is 1. The normalized spacial score (nSPS) is 18.8. The molecule has 0 bridgehead atoms. The van der Waals surface area contributed by atoms with Gasteiger partial charge in [-0.15, -0.1) is 0 Å². The van der Waals surface area contributed by atoms with Crippen LogP contribution in [0.3, 0.4) is 0 Å². The molecule has 0 unspecified atom stereocenters. The Bertz CT molecular complexity index is 866. The van der Waals surface area contributed by atoms with Crippen LogP contribution in [0.4, 0.5) is 10.6 Å². The van der Waals surface area contributed by atoms with E-state index in [-0.39, 0.29) is 12.1 Å². The highest BCUT2D eigenvalue weighted by Gasteiger charge is 2.27. The van der Waals surface area contributed by atoms with Gasteiger partial charge in [0.2, 0.25) is 0 Å². The number of anilines is 1. The molecule has 0 aliphatic carbocycles. The summed E-state index contributed by atoms with van der Waals surface area (Å²) < 4.78 is 11.0. The maximum atomic E-state index is 12.3. The second kappa shape index (κ2) is 8.13. The molecule has 1 saturated heterocycles. The number of ether oxygens (including phenoxy) is 2. The van der Waals surface area contributed by atoms with Gasteiger partial charge in [0.15, 0.2) is 0 Å². The molecule has 1 fully saturated rings. The number of para-hydroxylation sites is 1. The zero-order valence-corrected chi connectivity index (χ0v) is 17.8. The second-order valence-electron chi connectivity index (χ2n) is 8.20. The molecule has 0 radical (unpaired) electrons. The molecule has 2 aromatic rings. The summed E-state index contributed by atoms with van der Waals surface area (Å²) >= 11 is 6.40. The van der Waals surface area contributed by atoms with Crippen molar-refractivity contribution in [1.29, 1.82) is 0 Å². The molecule has 2 heterocycles. The number of carbonyl (C=O) groups is 1. The Labute approximate surface area is 171 Å². The lowest BCUT2D eigenvalue weighted by molar-refractivity contribution is 0.0507. The van der Waals surface area contributed by atoms with Crippen LogP contribution >= 0.6 is 11.6 Å². The van der Waals surface area contributed by atoms with Gasteiger partial charge in [-0.05, 0) is 46.8 Å². The molecule has 7 heteroatoms. The van der Waals surface area contributed by atoms with Crippen molar-refractivity contribution in [2.24, 2.45) is 0 Å². The number of nitrogens with zero attached hydrogens (tertiary/aromatic N) is 2. The smallest absolute Gasteiger partial charge is 0.408 e. The minimum Gasteiger partial charge on any atom is -0.444 e. The molecule has 1 N–H and O–H groups in total. The van der Waals surface area contributed by atoms with E-state index in [0.29, 0.717) is 18.2 Å². The van der Waals surface area contributed by atoms with E-state index in [4.69, 9.17) is 26.1 Å². The van der Waals surface area contributed by atoms with E-state index in [0.717, 1.165) is 28.8 Å². The van der Waals surface area contributed by atoms with Crippen molar-refractivity contribution < 1.29 is 14.3 Å². The molecule has 28 heavy (non-hydrogen) atoms. The molecule has 1 aromatic carbocycles. The first-order chi connectivity index (χ1) is 13.2. The van der Waals surface area contributed by atoms with Gasteiger partial charge in [0, 0.05) is 17.5 Å². The summed E-state index contributed by atoms with van der Waals surface area (Å²) in [6.45, 7) is 11.6. The van der Waals surface area contributed by atoms with E-state index in [2.05, 4.69) is 17.1 Å². The number of amides is 1. The summed E-state index contributed by atoms with van der Waals surface area (Å²) in [5.41, 5.74) is 1.13. The van der Waals surface area contributed by atoms with E-state index in [1.165, 1.54) is 0 Å². The maximum Gasteiger partial charge on any atom is 0.408 e. The van der Waals surface area contributed by atoms with Gasteiger partial charge in [0.25, 0.3) is 0 Å². The number of alkyl carbamates (subject to hydrolysis) is 1. The standard InChI is InChI=1S/C21H28ClN3O3/c1-13-12-27-10-9-25(13)19-16(14(2)23-20(26)28-21(3,4)5)11-15-7-6-8-17(22)18(15)24-19/h6-8,11,13-14H,9-10,12H2,1-5H3,(H,23,26)/t13-,14-/m0/s1. The minimum atomic E-state index is -0.555. The maximum absolute atomic E-state index is 12.3. The molecule has 1 amide bonds. The van der Waals surface area contributed by atoms with Gasteiger partial charge in [-0.25, -0.2) is 9.78 Å². The highest BCUT2D eigenvalue weighted by molar-refractivity contribution is 6.35. The van der Waals surface area contributed by atoms with E-state index < -0.39 is 11.7 Å². The Morgan fingerprint density at radius 2 is 2.18 bits per heavy atom. The third-order valence-electron chi connectivity index (χ3n) is 4.64. The molecule has 0 saturated carbocycles. The van der Waals surface area contributed by atoms with E-state index in [9.17, 15) is 4.79 Å². The number of hydrogen-bond acceptors (Lipinski definition) is 5. The topological polar surface area (TPSA) is 63.7 Å². The molecule has 3 rings (SSSR count). The molecule has 1 aromatic heterocycles. The predicted octanol–water partition coefficient (Wildman–Crippen LogP) is 4.70. The Kier molecular flexibility index (Phi) is 6.01. The summed E-state index contributed by atoms with van der Waals surface area (Å²) in [5, 5.41) is 4.48. The highest BCUT2D eigenvalue weighted by atomic mass is 35.5. The van der Waals surface area contributed by atoms with Gasteiger partial charge in [-0.1, -0.05) is 23.7 Å². The molecule has 2 atom stereocenters. The molecular formula is C21H28ClN3O3. The quantitative estimate of drug-likeness (QED) is 0.801. The number of morpholine rings is 1. The van der Waals surface area contributed by atoms with Crippen LogP contribution in [-0.2, 0) is 9.47 Å². The van der Waals surface area contributed by atoms with Gasteiger partial charge < -0.3 is 19.7 Å². The third kappa shape index (κ3) is 4.67. The van der Waals surface area contributed by atoms with Crippen molar-refractivity contribution >= 4 is 34.4 Å². The largest absolute Gasteiger partial charge is 0.444 e. The van der Waals surface area contributed by atoms with Gasteiger partial charge in [-0.3, -0.25) is 0 Å². The number of nitrogens with one attached hydrogen (secondary N) is 1. The average molecular weight is 406 g/mol. The first-order valence-corrected chi connectivity index (χ1v) is 9.96. The van der Waals surface area contributed by atoms with Crippen molar-refractivity contribution in [2.75, 3.05) is 24.7 Å². The molecule has 6 nitrogen and oxygen atoms in total. The number of pyridine rings is 1. The first-order valence-electron chi connectivity index (χ1n) is 9.59. The first kappa shape index (κ1) is 20.7. The van der Waals surface area contributed by atoms with Crippen LogP contribution in [0.2, 0.25) is 5.02 Å². The number of halogens is 1.